The Balaban J connectivity index is 0.00000200. The van der Waals surface area contributed by atoms with Crippen LogP contribution in [0.4, 0.5) is 0 Å². The lowest BCUT2D eigenvalue weighted by molar-refractivity contribution is -0.182. The summed E-state index contributed by atoms with van der Waals surface area (Å²) < 4.78 is 5.58. The Morgan fingerprint density at radius 3 is 2.45 bits per heavy atom. The molecule has 0 bridgehead atoms. The van der Waals surface area contributed by atoms with Crippen LogP contribution in [-0.4, -0.2) is 30.7 Å². The van der Waals surface area contributed by atoms with E-state index in [1.807, 2.05) is 0 Å². The van der Waals surface area contributed by atoms with Gasteiger partial charge in [0.25, 0.3) is 0 Å². The number of hydrogen-bond donors (Lipinski definition) is 2. The zero-order chi connectivity index (χ0) is 14.3. The second kappa shape index (κ2) is 6.20. The molecule has 4 atom stereocenters. The number of nitrogens with two attached hydrogens (primary N) is 1. The van der Waals surface area contributed by atoms with E-state index in [1.54, 1.807) is 7.11 Å². The van der Waals surface area contributed by atoms with Crippen molar-refractivity contribution < 1.29 is 9.53 Å². The Morgan fingerprint density at radius 1 is 1.35 bits per heavy atom. The maximum atomic E-state index is 12.1. The number of rotatable bonds is 4. The van der Waals surface area contributed by atoms with Crippen LogP contribution in [-0.2, 0) is 9.53 Å². The van der Waals surface area contributed by atoms with Gasteiger partial charge in [-0.05, 0) is 32.1 Å². The molecule has 4 nitrogen and oxygen atoms in total. The summed E-state index contributed by atoms with van der Waals surface area (Å²) in [4.78, 5) is 12.1. The lowest BCUT2D eigenvalue weighted by atomic mass is 9.56. The molecule has 1 amide bonds. The van der Waals surface area contributed by atoms with E-state index in [1.165, 1.54) is 0 Å². The van der Waals surface area contributed by atoms with Crippen LogP contribution in [0.1, 0.15) is 52.9 Å². The number of amides is 1. The molecule has 2 rings (SSSR count). The van der Waals surface area contributed by atoms with Crippen LogP contribution in [0.25, 0.3) is 0 Å². The first-order chi connectivity index (χ1) is 8.80. The largest absolute Gasteiger partial charge is 0.378 e. The fourth-order valence-corrected chi connectivity index (χ4v) is 3.53. The van der Waals surface area contributed by atoms with Gasteiger partial charge in [-0.1, -0.05) is 20.3 Å². The maximum Gasteiger partial charge on any atom is 0.220 e. The number of carbonyl (C=O) groups is 1. The van der Waals surface area contributed by atoms with Crippen LogP contribution >= 0.6 is 12.4 Å². The van der Waals surface area contributed by atoms with Crippen LogP contribution in [0, 0.1) is 11.3 Å². The smallest absolute Gasteiger partial charge is 0.220 e. The molecule has 0 heterocycles. The van der Waals surface area contributed by atoms with Crippen molar-refractivity contribution >= 4 is 18.3 Å². The van der Waals surface area contributed by atoms with Crippen molar-refractivity contribution in [2.45, 2.75) is 70.6 Å². The molecule has 3 N–H and O–H groups in total. The zero-order valence-electron chi connectivity index (χ0n) is 13.1. The summed E-state index contributed by atoms with van der Waals surface area (Å²) in [7, 11) is 1.75. The van der Waals surface area contributed by atoms with Gasteiger partial charge in [-0.25, -0.2) is 0 Å². The first-order valence-corrected chi connectivity index (χ1v) is 7.40. The van der Waals surface area contributed by atoms with Crippen molar-refractivity contribution in [1.82, 2.24) is 5.32 Å². The average molecular weight is 305 g/mol. The second-order valence-electron chi connectivity index (χ2n) is 7.04. The summed E-state index contributed by atoms with van der Waals surface area (Å²) in [6.45, 7) is 6.43. The molecule has 118 valence electrons. The Bertz CT molecular complexity index is 362. The highest BCUT2D eigenvalue weighted by atomic mass is 35.5. The van der Waals surface area contributed by atoms with Gasteiger partial charge in [0, 0.05) is 31.0 Å². The normalized spacial score (nSPS) is 38.8. The Hall–Kier alpha value is -0.320. The molecule has 2 aliphatic rings. The minimum Gasteiger partial charge on any atom is -0.378 e. The predicted molar refractivity (Wildman–Crippen MR) is 82.9 cm³/mol. The quantitative estimate of drug-likeness (QED) is 0.837. The second-order valence-corrected chi connectivity index (χ2v) is 7.04. The van der Waals surface area contributed by atoms with E-state index in [9.17, 15) is 4.79 Å². The third kappa shape index (κ3) is 2.97. The van der Waals surface area contributed by atoms with Gasteiger partial charge in [0.1, 0.15) is 0 Å². The summed E-state index contributed by atoms with van der Waals surface area (Å²) in [5, 5.41) is 3.17. The summed E-state index contributed by atoms with van der Waals surface area (Å²) in [6, 6.07) is 0.423. The molecule has 0 spiro atoms. The minimum absolute atomic E-state index is 0. The van der Waals surface area contributed by atoms with E-state index in [-0.39, 0.29) is 41.4 Å². The summed E-state index contributed by atoms with van der Waals surface area (Å²) >= 11 is 0. The number of nitrogens with one attached hydrogen (secondary N) is 1. The number of halogens is 1. The van der Waals surface area contributed by atoms with Crippen molar-refractivity contribution in [3.63, 3.8) is 0 Å². The molecule has 2 aliphatic carbocycles. The number of carbonyl (C=O) groups excluding carboxylic acids is 1. The van der Waals surface area contributed by atoms with Crippen LogP contribution in [0.3, 0.4) is 0 Å². The number of methoxy groups -OCH3 is 1. The van der Waals surface area contributed by atoms with Gasteiger partial charge in [-0.15, -0.1) is 12.4 Å². The monoisotopic (exact) mass is 304 g/mol. The Labute approximate surface area is 128 Å². The number of hydrogen-bond acceptors (Lipinski definition) is 3. The van der Waals surface area contributed by atoms with Gasteiger partial charge in [0.05, 0.1) is 5.60 Å². The van der Waals surface area contributed by atoms with E-state index in [0.29, 0.717) is 12.3 Å². The Kier molecular flexibility index (Phi) is 5.50. The molecular formula is C15H29ClN2O2. The SMILES string of the molecule is COC1(C)CC(NC(=O)C[C@@H]2CCC[C@H]2N)C1(C)C.Cl. The first-order valence-electron chi connectivity index (χ1n) is 7.40. The highest BCUT2D eigenvalue weighted by molar-refractivity contribution is 5.85. The molecule has 20 heavy (non-hydrogen) atoms. The molecule has 2 unspecified atom stereocenters. The van der Waals surface area contributed by atoms with Crippen molar-refractivity contribution in [1.29, 1.82) is 0 Å². The zero-order valence-corrected chi connectivity index (χ0v) is 13.9. The topological polar surface area (TPSA) is 64.3 Å². The van der Waals surface area contributed by atoms with Crippen molar-refractivity contribution in [3.05, 3.63) is 0 Å². The van der Waals surface area contributed by atoms with E-state index in [2.05, 4.69) is 26.1 Å². The average Bonchev–Trinajstić information content (AvgIpc) is 2.74. The van der Waals surface area contributed by atoms with Gasteiger partial charge in [0.15, 0.2) is 0 Å². The van der Waals surface area contributed by atoms with E-state index < -0.39 is 0 Å². The molecule has 0 aliphatic heterocycles. The van der Waals surface area contributed by atoms with Crippen LogP contribution < -0.4 is 11.1 Å². The number of ether oxygens (including phenoxy) is 1. The summed E-state index contributed by atoms with van der Waals surface area (Å²) in [5.41, 5.74) is 5.87. The fourth-order valence-electron chi connectivity index (χ4n) is 3.53. The molecule has 0 saturated heterocycles. The van der Waals surface area contributed by atoms with Gasteiger partial charge >= 0.3 is 0 Å². The highest BCUT2D eigenvalue weighted by Crippen LogP contribution is 2.51. The van der Waals surface area contributed by atoms with Crippen molar-refractivity contribution in [2.75, 3.05) is 7.11 Å². The van der Waals surface area contributed by atoms with Gasteiger partial charge < -0.3 is 15.8 Å². The first kappa shape index (κ1) is 17.7. The molecule has 0 aromatic rings. The summed E-state index contributed by atoms with van der Waals surface area (Å²) in [6.07, 6.45) is 4.79. The molecule has 2 saturated carbocycles. The molecule has 5 heteroatoms. The van der Waals surface area contributed by atoms with E-state index in [0.717, 1.165) is 25.7 Å². The van der Waals surface area contributed by atoms with Gasteiger partial charge in [-0.2, -0.15) is 0 Å². The molecular weight excluding hydrogens is 276 g/mol. The predicted octanol–water partition coefficient (Wildman–Crippen LogP) is 2.25. The third-order valence-corrected chi connectivity index (χ3v) is 5.78. The maximum absolute atomic E-state index is 12.1. The molecule has 0 radical (unpaired) electrons. The van der Waals surface area contributed by atoms with Crippen LogP contribution in [0.2, 0.25) is 0 Å². The molecule has 0 aromatic carbocycles. The Morgan fingerprint density at radius 2 is 2.00 bits per heavy atom. The standard InChI is InChI=1S/C15H28N2O2.ClH/c1-14(2)12(9-15(14,3)19-4)17-13(18)8-10-6-5-7-11(10)16;/h10-12H,5-9,16H2,1-4H3,(H,17,18);1H/t10-,11+,12?,15?;/m0./s1. The fraction of sp³-hybridized carbons (Fsp3) is 0.933. The van der Waals surface area contributed by atoms with Gasteiger partial charge in [0.2, 0.25) is 5.91 Å². The lowest BCUT2D eigenvalue weighted by Crippen LogP contribution is -2.68. The van der Waals surface area contributed by atoms with Crippen molar-refractivity contribution in [2.24, 2.45) is 17.1 Å². The molecule has 0 aromatic heterocycles. The van der Waals surface area contributed by atoms with Crippen LogP contribution in [0.15, 0.2) is 0 Å². The lowest BCUT2D eigenvalue weighted by Gasteiger charge is -2.59. The van der Waals surface area contributed by atoms with Gasteiger partial charge in [-0.3, -0.25) is 4.79 Å². The van der Waals surface area contributed by atoms with Crippen molar-refractivity contribution in [3.8, 4) is 0 Å². The minimum atomic E-state index is -0.130. The summed E-state index contributed by atoms with van der Waals surface area (Å²) in [5.74, 6) is 0.524. The molecule has 2 fully saturated rings. The third-order valence-electron chi connectivity index (χ3n) is 5.78. The van der Waals surface area contributed by atoms with E-state index in [4.69, 9.17) is 10.5 Å². The van der Waals surface area contributed by atoms with E-state index >= 15 is 0 Å². The highest BCUT2D eigenvalue weighted by Gasteiger charge is 2.58. The van der Waals surface area contributed by atoms with Crippen LogP contribution in [0.5, 0.6) is 0 Å².